The average molecular weight is 258 g/mol. The lowest BCUT2D eigenvalue weighted by atomic mass is 10.2. The minimum absolute atomic E-state index is 0.100. The van der Waals surface area contributed by atoms with Crippen LogP contribution < -0.4 is 10.1 Å². The molecule has 0 aliphatic carbocycles. The summed E-state index contributed by atoms with van der Waals surface area (Å²) >= 11 is 5.92. The molecule has 0 saturated heterocycles. The van der Waals surface area contributed by atoms with Gasteiger partial charge in [-0.1, -0.05) is 17.7 Å². The number of hydrogen-bond acceptors (Lipinski definition) is 3. The van der Waals surface area contributed by atoms with Crippen molar-refractivity contribution in [3.63, 3.8) is 0 Å². The molecule has 4 nitrogen and oxygen atoms in total. The van der Waals surface area contributed by atoms with E-state index in [2.05, 4.69) is 5.32 Å². The predicted octanol–water partition coefficient (Wildman–Crippen LogP) is 1.52. The molecule has 1 aromatic rings. The molecule has 0 aromatic heterocycles. The first-order valence-corrected chi connectivity index (χ1v) is 5.70. The van der Waals surface area contributed by atoms with Gasteiger partial charge in [-0.25, -0.2) is 0 Å². The van der Waals surface area contributed by atoms with E-state index < -0.39 is 0 Å². The molecule has 0 bridgehead atoms. The Balaban J connectivity index is 2.50. The summed E-state index contributed by atoms with van der Waals surface area (Å²) in [5.74, 6) is 0.197. The number of carbonyl (C=O) groups excluding carboxylic acids is 1. The Labute approximate surface area is 106 Å². The molecule has 5 heteroatoms. The van der Waals surface area contributed by atoms with Gasteiger partial charge in [0.05, 0.1) is 11.6 Å². The summed E-state index contributed by atoms with van der Waals surface area (Å²) < 4.78 is 5.30. The highest BCUT2D eigenvalue weighted by molar-refractivity contribution is 6.32. The number of ether oxygens (including phenoxy) is 1. The third kappa shape index (κ3) is 4.63. The van der Waals surface area contributed by atoms with E-state index in [4.69, 9.17) is 21.4 Å². The predicted molar refractivity (Wildman–Crippen MR) is 66.4 cm³/mol. The van der Waals surface area contributed by atoms with Crippen LogP contribution in [0, 0.1) is 6.92 Å². The largest absolute Gasteiger partial charge is 0.482 e. The maximum absolute atomic E-state index is 11.4. The van der Waals surface area contributed by atoms with Crippen LogP contribution in [0.15, 0.2) is 18.2 Å². The van der Waals surface area contributed by atoms with Crippen LogP contribution in [0.4, 0.5) is 0 Å². The van der Waals surface area contributed by atoms with Crippen molar-refractivity contribution in [2.45, 2.75) is 19.9 Å². The molecular weight excluding hydrogens is 242 g/mol. The highest BCUT2D eigenvalue weighted by Crippen LogP contribution is 2.24. The van der Waals surface area contributed by atoms with Gasteiger partial charge in [-0.05, 0) is 31.5 Å². The zero-order chi connectivity index (χ0) is 12.8. The first-order valence-electron chi connectivity index (χ1n) is 5.32. The van der Waals surface area contributed by atoms with Crippen LogP contribution >= 0.6 is 11.6 Å². The Kier molecular flexibility index (Phi) is 5.25. The fourth-order valence-corrected chi connectivity index (χ4v) is 1.40. The minimum atomic E-state index is -0.288. The van der Waals surface area contributed by atoms with Gasteiger partial charge >= 0.3 is 0 Å². The van der Waals surface area contributed by atoms with Gasteiger partial charge in [-0.3, -0.25) is 4.79 Å². The van der Waals surface area contributed by atoms with Gasteiger partial charge < -0.3 is 15.2 Å². The molecule has 17 heavy (non-hydrogen) atoms. The van der Waals surface area contributed by atoms with Crippen molar-refractivity contribution in [2.75, 3.05) is 13.2 Å². The number of benzene rings is 1. The minimum Gasteiger partial charge on any atom is -0.482 e. The molecule has 0 aliphatic rings. The van der Waals surface area contributed by atoms with E-state index in [1.54, 1.807) is 19.1 Å². The monoisotopic (exact) mass is 257 g/mol. The smallest absolute Gasteiger partial charge is 0.258 e. The van der Waals surface area contributed by atoms with Crippen molar-refractivity contribution in [2.24, 2.45) is 0 Å². The van der Waals surface area contributed by atoms with Gasteiger partial charge in [-0.15, -0.1) is 0 Å². The Hall–Kier alpha value is -1.26. The van der Waals surface area contributed by atoms with Crippen LogP contribution in [-0.2, 0) is 4.79 Å². The average Bonchev–Trinajstić information content (AvgIpc) is 2.30. The first kappa shape index (κ1) is 13.8. The summed E-state index contributed by atoms with van der Waals surface area (Å²) in [6, 6.07) is 5.08. The molecule has 0 aliphatic heterocycles. The molecule has 0 saturated carbocycles. The molecule has 1 amide bonds. The molecule has 2 N–H and O–H groups in total. The van der Waals surface area contributed by atoms with Gasteiger partial charge in [-0.2, -0.15) is 0 Å². The fraction of sp³-hybridized carbons (Fsp3) is 0.417. The summed E-state index contributed by atoms with van der Waals surface area (Å²) in [6.45, 7) is 3.40. The van der Waals surface area contributed by atoms with Gasteiger partial charge in [0, 0.05) is 6.04 Å². The van der Waals surface area contributed by atoms with Crippen LogP contribution in [0.3, 0.4) is 0 Å². The van der Waals surface area contributed by atoms with Crippen molar-refractivity contribution >= 4 is 17.5 Å². The van der Waals surface area contributed by atoms with Crippen molar-refractivity contribution < 1.29 is 14.6 Å². The SMILES string of the molecule is Cc1ccc(Cl)c(OCC(=O)N[C@@H](C)CO)c1. The number of hydrogen-bond donors (Lipinski definition) is 2. The molecule has 1 rings (SSSR count). The van der Waals surface area contributed by atoms with Crippen LogP contribution in [0.25, 0.3) is 0 Å². The number of aliphatic hydroxyl groups excluding tert-OH is 1. The number of aliphatic hydroxyl groups is 1. The molecular formula is C12H16ClNO3. The lowest BCUT2D eigenvalue weighted by molar-refractivity contribution is -0.123. The van der Waals surface area contributed by atoms with E-state index in [9.17, 15) is 4.79 Å². The summed E-state index contributed by atoms with van der Waals surface area (Å²) in [7, 11) is 0. The Bertz CT molecular complexity index is 395. The molecule has 0 fully saturated rings. The van der Waals surface area contributed by atoms with Crippen LogP contribution in [0.1, 0.15) is 12.5 Å². The number of carbonyl (C=O) groups is 1. The first-order chi connectivity index (χ1) is 8.02. The number of aryl methyl sites for hydroxylation is 1. The number of amides is 1. The third-order valence-electron chi connectivity index (χ3n) is 2.13. The second-order valence-electron chi connectivity index (χ2n) is 3.87. The maximum Gasteiger partial charge on any atom is 0.258 e. The Morgan fingerprint density at radius 3 is 2.94 bits per heavy atom. The topological polar surface area (TPSA) is 58.6 Å². The van der Waals surface area contributed by atoms with E-state index in [-0.39, 0.29) is 25.2 Å². The fourth-order valence-electron chi connectivity index (χ4n) is 1.23. The van der Waals surface area contributed by atoms with Crippen molar-refractivity contribution in [1.82, 2.24) is 5.32 Å². The zero-order valence-electron chi connectivity index (χ0n) is 9.87. The maximum atomic E-state index is 11.4. The Morgan fingerprint density at radius 1 is 1.59 bits per heavy atom. The summed E-state index contributed by atoms with van der Waals surface area (Å²) in [5.41, 5.74) is 1.01. The lowest BCUT2D eigenvalue weighted by Gasteiger charge is -2.12. The second kappa shape index (κ2) is 6.47. The van der Waals surface area contributed by atoms with E-state index in [0.29, 0.717) is 10.8 Å². The normalized spacial score (nSPS) is 12.0. The van der Waals surface area contributed by atoms with Crippen LogP contribution in [0.5, 0.6) is 5.75 Å². The van der Waals surface area contributed by atoms with Crippen LogP contribution in [-0.4, -0.2) is 30.3 Å². The highest BCUT2D eigenvalue weighted by Gasteiger charge is 2.08. The molecule has 1 aromatic carbocycles. The van der Waals surface area contributed by atoms with E-state index in [1.807, 2.05) is 13.0 Å². The lowest BCUT2D eigenvalue weighted by Crippen LogP contribution is -2.38. The Morgan fingerprint density at radius 2 is 2.29 bits per heavy atom. The summed E-state index contributed by atoms with van der Waals surface area (Å²) in [6.07, 6.45) is 0. The van der Waals surface area contributed by atoms with Gasteiger partial charge in [0.2, 0.25) is 0 Å². The van der Waals surface area contributed by atoms with Gasteiger partial charge in [0.25, 0.3) is 5.91 Å². The van der Waals surface area contributed by atoms with Crippen molar-refractivity contribution in [3.8, 4) is 5.75 Å². The van der Waals surface area contributed by atoms with E-state index in [1.165, 1.54) is 0 Å². The molecule has 0 unspecified atom stereocenters. The van der Waals surface area contributed by atoms with E-state index in [0.717, 1.165) is 5.56 Å². The third-order valence-corrected chi connectivity index (χ3v) is 2.44. The molecule has 94 valence electrons. The number of halogens is 1. The van der Waals surface area contributed by atoms with Gasteiger partial charge in [0.15, 0.2) is 6.61 Å². The van der Waals surface area contributed by atoms with Crippen LogP contribution in [0.2, 0.25) is 5.02 Å². The quantitative estimate of drug-likeness (QED) is 0.841. The van der Waals surface area contributed by atoms with Crippen molar-refractivity contribution in [1.29, 1.82) is 0 Å². The number of nitrogens with one attached hydrogen (secondary N) is 1. The van der Waals surface area contributed by atoms with E-state index >= 15 is 0 Å². The number of rotatable bonds is 5. The van der Waals surface area contributed by atoms with Crippen molar-refractivity contribution in [3.05, 3.63) is 28.8 Å². The summed E-state index contributed by atoms with van der Waals surface area (Å²) in [5, 5.41) is 11.8. The highest BCUT2D eigenvalue weighted by atomic mass is 35.5. The van der Waals surface area contributed by atoms with Gasteiger partial charge in [0.1, 0.15) is 5.75 Å². The second-order valence-corrected chi connectivity index (χ2v) is 4.28. The zero-order valence-corrected chi connectivity index (χ0v) is 10.6. The molecule has 1 atom stereocenters. The summed E-state index contributed by atoms with van der Waals surface area (Å²) in [4.78, 5) is 11.4. The molecule has 0 heterocycles. The molecule has 0 radical (unpaired) electrons. The standard InChI is InChI=1S/C12H16ClNO3/c1-8-3-4-10(13)11(5-8)17-7-12(16)14-9(2)6-15/h3-5,9,15H,6-7H2,1-2H3,(H,14,16)/t9-/m0/s1. The molecule has 0 spiro atoms.